The first-order chi connectivity index (χ1) is 7.87. The molecule has 0 spiro atoms. The van der Waals surface area contributed by atoms with Crippen LogP contribution >= 0.6 is 0 Å². The highest BCUT2D eigenvalue weighted by Crippen LogP contribution is 2.08. The number of hydrogen-bond acceptors (Lipinski definition) is 3. The summed E-state index contributed by atoms with van der Waals surface area (Å²) in [7, 11) is 0. The van der Waals surface area contributed by atoms with Crippen molar-refractivity contribution >= 4 is 5.69 Å². The molecule has 3 nitrogen and oxygen atoms in total. The maximum atomic E-state index is 12.9. The lowest BCUT2D eigenvalue weighted by molar-refractivity contribution is 0.172. The largest absolute Gasteiger partial charge is 0.390 e. The van der Waals surface area contributed by atoms with Crippen LogP contribution in [0.15, 0.2) is 24.3 Å². The van der Waals surface area contributed by atoms with Gasteiger partial charge in [0.15, 0.2) is 0 Å². The molecule has 0 radical (unpaired) electrons. The summed E-state index contributed by atoms with van der Waals surface area (Å²) >= 11 is 0. The van der Waals surface area contributed by atoms with E-state index in [1.807, 2.05) is 20.8 Å². The Hall–Kier alpha value is -1.13. The lowest BCUT2D eigenvalue weighted by Gasteiger charge is -2.23. The Kier molecular flexibility index (Phi) is 4.90. The zero-order valence-corrected chi connectivity index (χ0v) is 10.6. The van der Waals surface area contributed by atoms with E-state index in [1.54, 1.807) is 12.1 Å². The average Bonchev–Trinajstić information content (AvgIpc) is 2.23. The second-order valence-electron chi connectivity index (χ2n) is 5.18. The molecule has 0 saturated carbocycles. The minimum Gasteiger partial charge on any atom is -0.390 e. The summed E-state index contributed by atoms with van der Waals surface area (Å²) in [4.78, 5) is 0. The minimum atomic E-state index is -0.502. The van der Waals surface area contributed by atoms with Crippen LogP contribution in [-0.4, -0.2) is 29.8 Å². The Morgan fingerprint density at radius 1 is 1.29 bits per heavy atom. The number of rotatable bonds is 5. The molecule has 1 aromatic rings. The zero-order valence-electron chi connectivity index (χ0n) is 10.6. The van der Waals surface area contributed by atoms with Gasteiger partial charge in [-0.2, -0.15) is 0 Å². The van der Waals surface area contributed by atoms with Gasteiger partial charge in [-0.05, 0) is 39.0 Å². The zero-order chi connectivity index (χ0) is 12.9. The third kappa shape index (κ3) is 6.24. The molecule has 4 heteroatoms. The molecule has 0 fully saturated rings. The van der Waals surface area contributed by atoms with Crippen LogP contribution in [0.5, 0.6) is 0 Å². The van der Waals surface area contributed by atoms with Gasteiger partial charge in [-0.15, -0.1) is 0 Å². The first-order valence-corrected chi connectivity index (χ1v) is 5.79. The van der Waals surface area contributed by atoms with E-state index in [9.17, 15) is 9.50 Å². The van der Waals surface area contributed by atoms with Crippen molar-refractivity contribution in [1.29, 1.82) is 0 Å². The predicted molar refractivity (Wildman–Crippen MR) is 68.7 cm³/mol. The van der Waals surface area contributed by atoms with E-state index in [-0.39, 0.29) is 11.4 Å². The Morgan fingerprint density at radius 3 is 2.59 bits per heavy atom. The molecule has 1 atom stereocenters. The van der Waals surface area contributed by atoms with Crippen molar-refractivity contribution < 1.29 is 9.50 Å². The van der Waals surface area contributed by atoms with Crippen molar-refractivity contribution in [1.82, 2.24) is 5.32 Å². The monoisotopic (exact) mass is 240 g/mol. The van der Waals surface area contributed by atoms with Gasteiger partial charge in [0.1, 0.15) is 5.82 Å². The number of hydrogen-bond donors (Lipinski definition) is 3. The summed E-state index contributed by atoms with van der Waals surface area (Å²) in [5, 5.41) is 15.9. The Bertz CT molecular complexity index is 350. The van der Waals surface area contributed by atoms with E-state index in [0.29, 0.717) is 18.8 Å². The van der Waals surface area contributed by atoms with Gasteiger partial charge in [0.25, 0.3) is 0 Å². The van der Waals surface area contributed by atoms with Crippen LogP contribution in [0.25, 0.3) is 0 Å². The highest BCUT2D eigenvalue weighted by molar-refractivity contribution is 5.43. The maximum Gasteiger partial charge on any atom is 0.125 e. The Balaban J connectivity index is 2.31. The highest BCUT2D eigenvalue weighted by Gasteiger charge is 2.11. The van der Waals surface area contributed by atoms with Crippen LogP contribution in [0.3, 0.4) is 0 Å². The van der Waals surface area contributed by atoms with Crippen LogP contribution in [0.2, 0.25) is 0 Å². The minimum absolute atomic E-state index is 0.0141. The number of nitrogens with one attached hydrogen (secondary N) is 2. The molecule has 1 aromatic carbocycles. The smallest absolute Gasteiger partial charge is 0.125 e. The Labute approximate surface area is 102 Å². The van der Waals surface area contributed by atoms with Gasteiger partial charge < -0.3 is 15.7 Å². The van der Waals surface area contributed by atoms with Gasteiger partial charge >= 0.3 is 0 Å². The van der Waals surface area contributed by atoms with Crippen LogP contribution in [0.1, 0.15) is 20.8 Å². The first kappa shape index (κ1) is 13.9. The van der Waals surface area contributed by atoms with Gasteiger partial charge in [-0.3, -0.25) is 0 Å². The fraction of sp³-hybridized carbons (Fsp3) is 0.538. The molecule has 3 N–H and O–H groups in total. The second kappa shape index (κ2) is 5.98. The van der Waals surface area contributed by atoms with Crippen molar-refractivity contribution in [2.75, 3.05) is 18.4 Å². The molecular formula is C13H21FN2O. The summed E-state index contributed by atoms with van der Waals surface area (Å²) < 4.78 is 12.9. The van der Waals surface area contributed by atoms with Crippen molar-refractivity contribution in [2.24, 2.45) is 0 Å². The first-order valence-electron chi connectivity index (χ1n) is 5.79. The molecular weight excluding hydrogens is 219 g/mol. The number of benzene rings is 1. The van der Waals surface area contributed by atoms with Gasteiger partial charge in [-0.1, -0.05) is 6.07 Å². The van der Waals surface area contributed by atoms with Gasteiger partial charge in [-0.25, -0.2) is 4.39 Å². The van der Waals surface area contributed by atoms with Gasteiger partial charge in [0.2, 0.25) is 0 Å². The van der Waals surface area contributed by atoms with Crippen molar-refractivity contribution in [3.05, 3.63) is 30.1 Å². The molecule has 17 heavy (non-hydrogen) atoms. The van der Waals surface area contributed by atoms with Crippen LogP contribution in [0, 0.1) is 5.82 Å². The van der Waals surface area contributed by atoms with E-state index >= 15 is 0 Å². The van der Waals surface area contributed by atoms with Crippen molar-refractivity contribution in [3.63, 3.8) is 0 Å². The summed E-state index contributed by atoms with van der Waals surface area (Å²) in [6, 6.07) is 6.21. The molecule has 1 rings (SSSR count). The van der Waals surface area contributed by atoms with Crippen LogP contribution in [0.4, 0.5) is 10.1 Å². The normalized spacial score (nSPS) is 13.5. The van der Waals surface area contributed by atoms with E-state index in [1.165, 1.54) is 12.1 Å². The summed E-state index contributed by atoms with van der Waals surface area (Å²) in [5.41, 5.74) is 0.666. The fourth-order valence-electron chi connectivity index (χ4n) is 1.33. The number of aliphatic hydroxyl groups excluding tert-OH is 1. The van der Waals surface area contributed by atoms with Crippen LogP contribution < -0.4 is 10.6 Å². The molecule has 0 saturated heterocycles. The summed E-state index contributed by atoms with van der Waals surface area (Å²) in [6.45, 7) is 7.03. The van der Waals surface area contributed by atoms with Crippen LogP contribution in [-0.2, 0) is 0 Å². The third-order valence-electron chi connectivity index (χ3n) is 2.23. The lowest BCUT2D eigenvalue weighted by atomic mass is 10.1. The van der Waals surface area contributed by atoms with E-state index < -0.39 is 6.10 Å². The topological polar surface area (TPSA) is 44.3 Å². The molecule has 1 unspecified atom stereocenters. The summed E-state index contributed by atoms with van der Waals surface area (Å²) in [6.07, 6.45) is -0.502. The molecule has 96 valence electrons. The Morgan fingerprint density at radius 2 is 2.00 bits per heavy atom. The average molecular weight is 240 g/mol. The number of halogens is 1. The number of aliphatic hydroxyl groups is 1. The molecule has 0 bridgehead atoms. The number of anilines is 1. The molecule has 0 amide bonds. The van der Waals surface area contributed by atoms with Gasteiger partial charge in [0.05, 0.1) is 6.10 Å². The van der Waals surface area contributed by atoms with Crippen molar-refractivity contribution in [2.45, 2.75) is 32.4 Å². The fourth-order valence-corrected chi connectivity index (χ4v) is 1.33. The SMILES string of the molecule is CC(C)(C)NCC(O)CNc1cccc(F)c1. The molecule has 0 aliphatic rings. The van der Waals surface area contributed by atoms with E-state index in [0.717, 1.165) is 0 Å². The summed E-state index contributed by atoms with van der Waals surface area (Å²) in [5.74, 6) is -0.280. The second-order valence-corrected chi connectivity index (χ2v) is 5.18. The molecule has 0 aliphatic heterocycles. The van der Waals surface area contributed by atoms with Crippen molar-refractivity contribution in [3.8, 4) is 0 Å². The van der Waals surface area contributed by atoms with Gasteiger partial charge in [0, 0.05) is 24.3 Å². The third-order valence-corrected chi connectivity index (χ3v) is 2.23. The molecule has 0 heterocycles. The molecule has 0 aliphatic carbocycles. The standard InChI is InChI=1S/C13H21FN2O/c1-13(2,3)16-9-12(17)8-15-11-6-4-5-10(14)7-11/h4-7,12,15-17H,8-9H2,1-3H3. The molecule has 0 aromatic heterocycles. The predicted octanol–water partition coefficient (Wildman–Crippen LogP) is 1.99. The maximum absolute atomic E-state index is 12.9. The van der Waals surface area contributed by atoms with E-state index in [4.69, 9.17) is 0 Å². The number of β-amino-alcohol motifs (C(OH)–C–C–N with tert-alkyl or cyclic N) is 1. The highest BCUT2D eigenvalue weighted by atomic mass is 19.1. The van der Waals surface area contributed by atoms with E-state index in [2.05, 4.69) is 10.6 Å². The lowest BCUT2D eigenvalue weighted by Crippen LogP contribution is -2.42. The quantitative estimate of drug-likeness (QED) is 0.737.